The van der Waals surface area contributed by atoms with Gasteiger partial charge < -0.3 is 4.74 Å². The molecule has 0 heterocycles. The molecule has 1 rings (SSSR count). The fourth-order valence-electron chi connectivity index (χ4n) is 1.20. The molecule has 0 N–H and O–H groups in total. The molecule has 0 aliphatic carbocycles. The Morgan fingerprint density at radius 2 is 1.84 bits per heavy atom. The number of halogens is 4. The van der Waals surface area contributed by atoms with Crippen molar-refractivity contribution in [1.82, 2.24) is 0 Å². The first-order chi connectivity index (χ1) is 8.70. The Hall–Kier alpha value is -0.200. The van der Waals surface area contributed by atoms with E-state index in [9.17, 15) is 13.2 Å². The number of carbonyl (C=O) groups is 1. The van der Waals surface area contributed by atoms with Crippen molar-refractivity contribution in [2.75, 3.05) is 6.61 Å². The average Bonchev–Trinajstić information content (AvgIpc) is 2.30. The first-order valence-corrected chi connectivity index (χ1v) is 8.43. The summed E-state index contributed by atoms with van der Waals surface area (Å²) in [5.41, 5.74) is -0.316. The molecule has 0 fully saturated rings. The van der Waals surface area contributed by atoms with E-state index in [1.807, 2.05) is 0 Å². The minimum absolute atomic E-state index is 0.140. The van der Waals surface area contributed by atoms with Crippen molar-refractivity contribution >= 4 is 60.5 Å². The molecule has 0 radical (unpaired) electrons. The predicted octanol–water partition coefficient (Wildman–Crippen LogP) is 4.14. The van der Waals surface area contributed by atoms with Crippen LogP contribution in [0.3, 0.4) is 0 Å². The largest absolute Gasteiger partial charge is 0.462 e. The van der Waals surface area contributed by atoms with E-state index in [-0.39, 0.29) is 22.2 Å². The summed E-state index contributed by atoms with van der Waals surface area (Å²) in [5, 5.41) is -0.754. The van der Waals surface area contributed by atoms with Crippen LogP contribution in [0.1, 0.15) is 23.7 Å². The summed E-state index contributed by atoms with van der Waals surface area (Å²) in [5.74, 6) is -0.860. The van der Waals surface area contributed by atoms with E-state index in [4.69, 9.17) is 50.2 Å². The van der Waals surface area contributed by atoms with Crippen LogP contribution in [0.25, 0.3) is 0 Å². The third-order valence-electron chi connectivity index (χ3n) is 2.03. The van der Waals surface area contributed by atoms with Crippen LogP contribution >= 0.6 is 45.5 Å². The zero-order valence-electron chi connectivity index (χ0n) is 9.54. The Bertz CT molecular complexity index is 612. The van der Waals surface area contributed by atoms with Crippen molar-refractivity contribution < 1.29 is 17.9 Å². The zero-order chi connectivity index (χ0) is 14.8. The van der Waals surface area contributed by atoms with Gasteiger partial charge in [0.05, 0.1) is 27.2 Å². The average molecular weight is 366 g/mol. The van der Waals surface area contributed by atoms with E-state index in [0.717, 1.165) is 6.07 Å². The highest BCUT2D eigenvalue weighted by Crippen LogP contribution is 2.38. The molecule has 0 aliphatic heterocycles. The minimum Gasteiger partial charge on any atom is -0.462 e. The first kappa shape index (κ1) is 16.9. The van der Waals surface area contributed by atoms with E-state index in [0.29, 0.717) is 6.42 Å². The number of rotatable bonds is 4. The lowest BCUT2D eigenvalue weighted by atomic mass is 10.2. The Kier molecular flexibility index (Phi) is 5.77. The molecule has 1 aromatic carbocycles. The summed E-state index contributed by atoms with van der Waals surface area (Å²) < 4.78 is 27.5. The van der Waals surface area contributed by atoms with Crippen LogP contribution in [0.15, 0.2) is 11.0 Å². The third kappa shape index (κ3) is 3.89. The topological polar surface area (TPSA) is 60.4 Å². The Morgan fingerprint density at radius 3 is 2.32 bits per heavy atom. The molecule has 1 aromatic rings. The standard InChI is InChI=1S/C10H8Cl4O4S/c1-2-3-18-10(15)7-8(12)5(11)4-6(9(7)13)19(14,16)17/h4H,2-3H2,1H3. The van der Waals surface area contributed by atoms with E-state index in [1.54, 1.807) is 6.92 Å². The van der Waals surface area contributed by atoms with Gasteiger partial charge in [0.15, 0.2) is 0 Å². The summed E-state index contributed by atoms with van der Waals surface area (Å²) >= 11 is 17.4. The Labute approximate surface area is 130 Å². The number of carbonyl (C=O) groups excluding carboxylic acids is 1. The zero-order valence-corrected chi connectivity index (χ0v) is 13.4. The van der Waals surface area contributed by atoms with Gasteiger partial charge >= 0.3 is 5.97 Å². The Balaban J connectivity index is 3.47. The molecule has 0 saturated heterocycles. The molecule has 0 spiro atoms. The van der Waals surface area contributed by atoms with Crippen LogP contribution in [0.4, 0.5) is 0 Å². The Morgan fingerprint density at radius 1 is 1.26 bits per heavy atom. The summed E-state index contributed by atoms with van der Waals surface area (Å²) in [4.78, 5) is 11.3. The van der Waals surface area contributed by atoms with Gasteiger partial charge in [0.1, 0.15) is 4.90 Å². The molecular weight excluding hydrogens is 358 g/mol. The maximum absolute atomic E-state index is 11.8. The van der Waals surface area contributed by atoms with Gasteiger partial charge in [-0.25, -0.2) is 13.2 Å². The highest BCUT2D eigenvalue weighted by Gasteiger charge is 2.26. The molecule has 19 heavy (non-hydrogen) atoms. The molecule has 9 heteroatoms. The van der Waals surface area contributed by atoms with Crippen LogP contribution in [-0.2, 0) is 13.8 Å². The molecule has 106 valence electrons. The van der Waals surface area contributed by atoms with Gasteiger partial charge in [-0.05, 0) is 12.5 Å². The quantitative estimate of drug-likeness (QED) is 0.457. The second-order valence-electron chi connectivity index (χ2n) is 3.43. The summed E-state index contributed by atoms with van der Waals surface area (Å²) in [6, 6.07) is 0.977. The van der Waals surface area contributed by atoms with E-state index in [1.165, 1.54) is 0 Å². The summed E-state index contributed by atoms with van der Waals surface area (Å²) in [6.45, 7) is 1.93. The van der Waals surface area contributed by atoms with Crippen LogP contribution in [0, 0.1) is 0 Å². The predicted molar refractivity (Wildman–Crippen MR) is 75.1 cm³/mol. The fourth-order valence-corrected chi connectivity index (χ4v) is 3.34. The molecule has 0 atom stereocenters. The van der Waals surface area contributed by atoms with E-state index >= 15 is 0 Å². The van der Waals surface area contributed by atoms with Gasteiger partial charge in [0.2, 0.25) is 0 Å². The monoisotopic (exact) mass is 364 g/mol. The van der Waals surface area contributed by atoms with Crippen molar-refractivity contribution in [3.05, 3.63) is 26.7 Å². The fraction of sp³-hybridized carbons (Fsp3) is 0.300. The van der Waals surface area contributed by atoms with Crippen LogP contribution < -0.4 is 0 Å². The smallest absolute Gasteiger partial charge is 0.341 e. The minimum atomic E-state index is -4.16. The molecule has 4 nitrogen and oxygen atoms in total. The summed E-state index contributed by atoms with van der Waals surface area (Å²) in [7, 11) is 1.04. The lowest BCUT2D eigenvalue weighted by Crippen LogP contribution is -2.09. The van der Waals surface area contributed by atoms with Gasteiger partial charge in [-0.2, -0.15) is 0 Å². The van der Waals surface area contributed by atoms with Crippen molar-refractivity contribution in [3.8, 4) is 0 Å². The number of ether oxygens (including phenoxy) is 1. The van der Waals surface area contributed by atoms with Crippen molar-refractivity contribution in [1.29, 1.82) is 0 Å². The molecule has 0 amide bonds. The number of benzene rings is 1. The van der Waals surface area contributed by atoms with Gasteiger partial charge in [-0.3, -0.25) is 0 Å². The maximum atomic E-state index is 11.8. The number of esters is 1. The highest BCUT2D eigenvalue weighted by atomic mass is 35.7. The molecular formula is C10H8Cl4O4S. The van der Waals surface area contributed by atoms with Crippen molar-refractivity contribution in [2.45, 2.75) is 18.2 Å². The second-order valence-corrected chi connectivity index (χ2v) is 7.13. The molecule has 0 aliphatic rings. The highest BCUT2D eigenvalue weighted by molar-refractivity contribution is 8.13. The van der Waals surface area contributed by atoms with Gasteiger partial charge in [-0.1, -0.05) is 41.7 Å². The van der Waals surface area contributed by atoms with E-state index < -0.39 is 24.9 Å². The van der Waals surface area contributed by atoms with Crippen LogP contribution in [0.2, 0.25) is 15.1 Å². The van der Waals surface area contributed by atoms with E-state index in [2.05, 4.69) is 0 Å². The SMILES string of the molecule is CCCOC(=O)c1c(Cl)c(Cl)cc(S(=O)(=O)Cl)c1Cl. The lowest BCUT2D eigenvalue weighted by molar-refractivity contribution is 0.0505. The van der Waals surface area contributed by atoms with Crippen LogP contribution in [0.5, 0.6) is 0 Å². The third-order valence-corrected chi connectivity index (χ3v) is 4.66. The van der Waals surface area contributed by atoms with Crippen molar-refractivity contribution in [3.63, 3.8) is 0 Å². The van der Waals surface area contributed by atoms with Gasteiger partial charge in [0, 0.05) is 10.7 Å². The molecule has 0 saturated carbocycles. The first-order valence-electron chi connectivity index (χ1n) is 4.99. The summed E-state index contributed by atoms with van der Waals surface area (Å²) in [6.07, 6.45) is 0.586. The molecule has 0 bridgehead atoms. The number of hydrogen-bond donors (Lipinski definition) is 0. The number of hydrogen-bond acceptors (Lipinski definition) is 4. The van der Waals surface area contributed by atoms with Crippen molar-refractivity contribution in [2.24, 2.45) is 0 Å². The maximum Gasteiger partial charge on any atom is 0.341 e. The molecule has 0 aromatic heterocycles. The second kappa shape index (κ2) is 6.50. The van der Waals surface area contributed by atoms with Crippen LogP contribution in [-0.4, -0.2) is 21.0 Å². The molecule has 0 unspecified atom stereocenters. The van der Waals surface area contributed by atoms with Gasteiger partial charge in [0.25, 0.3) is 9.05 Å². The van der Waals surface area contributed by atoms with Gasteiger partial charge in [-0.15, -0.1) is 0 Å². The normalized spacial score (nSPS) is 11.4. The lowest BCUT2D eigenvalue weighted by Gasteiger charge is -2.11.